The van der Waals surface area contributed by atoms with E-state index in [1.54, 1.807) is 11.9 Å². The Morgan fingerprint density at radius 3 is 2.57 bits per heavy atom. The molecule has 0 atom stereocenters. The summed E-state index contributed by atoms with van der Waals surface area (Å²) in [6, 6.07) is 3.21. The second-order valence-corrected chi connectivity index (χ2v) is 7.83. The van der Waals surface area contributed by atoms with Crippen LogP contribution in [0, 0.1) is 5.82 Å². The number of rotatable bonds is 5. The maximum Gasteiger partial charge on any atom is 0.317 e. The minimum absolute atomic E-state index is 0.0150. The van der Waals surface area contributed by atoms with E-state index in [4.69, 9.17) is 16.7 Å². The van der Waals surface area contributed by atoms with Crippen LogP contribution in [0.15, 0.2) is 23.1 Å². The zero-order chi connectivity index (χ0) is 17.2. The van der Waals surface area contributed by atoms with E-state index >= 15 is 0 Å². The quantitative estimate of drug-likeness (QED) is 0.859. The van der Waals surface area contributed by atoms with Crippen LogP contribution >= 0.6 is 11.6 Å². The first-order chi connectivity index (χ1) is 10.7. The summed E-state index contributed by atoms with van der Waals surface area (Å²) in [6.45, 7) is 0.455. The summed E-state index contributed by atoms with van der Waals surface area (Å²) in [5.74, 6) is -1.51. The van der Waals surface area contributed by atoms with Crippen LogP contribution in [-0.2, 0) is 14.8 Å². The van der Waals surface area contributed by atoms with Crippen LogP contribution in [0.4, 0.5) is 4.39 Å². The molecule has 9 heteroatoms. The van der Waals surface area contributed by atoms with E-state index in [0.29, 0.717) is 12.8 Å². The van der Waals surface area contributed by atoms with E-state index in [-0.39, 0.29) is 35.6 Å². The number of hydrogen-bond donors (Lipinski definition) is 1. The summed E-state index contributed by atoms with van der Waals surface area (Å²) < 4.78 is 39.5. The second-order valence-electron chi connectivity index (χ2n) is 5.52. The Kier molecular flexibility index (Phi) is 5.61. The molecule has 0 bridgehead atoms. The Bertz CT molecular complexity index is 690. The molecule has 0 unspecified atom stereocenters. The van der Waals surface area contributed by atoms with Crippen LogP contribution in [0.1, 0.15) is 12.8 Å². The van der Waals surface area contributed by atoms with Crippen LogP contribution < -0.4 is 0 Å². The summed E-state index contributed by atoms with van der Waals surface area (Å²) in [5.41, 5.74) is 0. The number of hydrogen-bond acceptors (Lipinski definition) is 4. The van der Waals surface area contributed by atoms with E-state index in [2.05, 4.69) is 0 Å². The van der Waals surface area contributed by atoms with Gasteiger partial charge in [0.1, 0.15) is 10.7 Å². The van der Waals surface area contributed by atoms with Crippen molar-refractivity contribution in [3.05, 3.63) is 29.0 Å². The minimum Gasteiger partial charge on any atom is -0.480 e. The number of aliphatic carboxylic acids is 1. The molecule has 0 saturated carbocycles. The highest BCUT2D eigenvalue weighted by Crippen LogP contribution is 2.28. The van der Waals surface area contributed by atoms with Crippen molar-refractivity contribution < 1.29 is 22.7 Å². The topological polar surface area (TPSA) is 77.9 Å². The number of carboxylic acids is 1. The molecule has 1 saturated heterocycles. The molecule has 1 aromatic rings. The van der Waals surface area contributed by atoms with Crippen LogP contribution in [-0.4, -0.2) is 61.4 Å². The molecule has 1 fully saturated rings. The third-order valence-electron chi connectivity index (χ3n) is 3.94. The first-order valence-electron chi connectivity index (χ1n) is 7.09. The van der Waals surface area contributed by atoms with Crippen LogP contribution in [0.2, 0.25) is 5.02 Å². The maximum atomic E-state index is 13.1. The summed E-state index contributed by atoms with van der Waals surface area (Å²) in [7, 11) is -2.07. The molecule has 0 aromatic heterocycles. The zero-order valence-electron chi connectivity index (χ0n) is 12.6. The van der Waals surface area contributed by atoms with Gasteiger partial charge in [0.05, 0.1) is 11.6 Å². The van der Waals surface area contributed by atoms with Gasteiger partial charge in [-0.05, 0) is 38.1 Å². The number of likely N-dealkylation sites (N-methyl/N-ethyl adjacent to an activating group) is 1. The van der Waals surface area contributed by atoms with Gasteiger partial charge in [0, 0.05) is 19.1 Å². The van der Waals surface area contributed by atoms with E-state index in [1.165, 1.54) is 4.31 Å². The van der Waals surface area contributed by atoms with E-state index in [1.807, 2.05) is 0 Å². The van der Waals surface area contributed by atoms with Gasteiger partial charge in [0.2, 0.25) is 10.0 Å². The van der Waals surface area contributed by atoms with Gasteiger partial charge in [0.25, 0.3) is 0 Å². The van der Waals surface area contributed by atoms with Crippen molar-refractivity contribution in [1.82, 2.24) is 9.21 Å². The number of carboxylic acid groups (broad SMARTS) is 1. The fraction of sp³-hybridized carbons (Fsp3) is 0.500. The standard InChI is InChI=1S/C14H18ClFN2O4S/c1-17(9-14(19)20)11-4-6-18(7-5-11)23(21,22)13-3-2-10(16)8-12(13)15/h2-3,8,11H,4-7,9H2,1H3,(H,19,20). The molecule has 0 aliphatic carbocycles. The molecule has 0 amide bonds. The van der Waals surface area contributed by atoms with E-state index in [9.17, 15) is 17.6 Å². The van der Waals surface area contributed by atoms with Gasteiger partial charge >= 0.3 is 5.97 Å². The summed E-state index contributed by atoms with van der Waals surface area (Å²) in [6.07, 6.45) is 1.06. The van der Waals surface area contributed by atoms with Crippen molar-refractivity contribution in [2.24, 2.45) is 0 Å². The lowest BCUT2D eigenvalue weighted by Gasteiger charge is -2.35. The average Bonchev–Trinajstić information content (AvgIpc) is 2.46. The normalized spacial score (nSPS) is 17.6. The highest BCUT2D eigenvalue weighted by Gasteiger charge is 2.32. The van der Waals surface area contributed by atoms with E-state index in [0.717, 1.165) is 18.2 Å². The molecule has 128 valence electrons. The lowest BCUT2D eigenvalue weighted by molar-refractivity contribution is -0.138. The molecular formula is C14H18ClFN2O4S. The number of sulfonamides is 1. The number of piperidine rings is 1. The van der Waals surface area contributed by atoms with Gasteiger partial charge < -0.3 is 5.11 Å². The first kappa shape index (κ1) is 18.1. The highest BCUT2D eigenvalue weighted by molar-refractivity contribution is 7.89. The van der Waals surface area contributed by atoms with Crippen molar-refractivity contribution in [3.63, 3.8) is 0 Å². The molecule has 23 heavy (non-hydrogen) atoms. The van der Waals surface area contributed by atoms with Crippen LogP contribution in [0.5, 0.6) is 0 Å². The predicted molar refractivity (Wildman–Crippen MR) is 83.5 cm³/mol. The third-order valence-corrected chi connectivity index (χ3v) is 6.32. The molecule has 1 N–H and O–H groups in total. The van der Waals surface area contributed by atoms with Crippen LogP contribution in [0.3, 0.4) is 0 Å². The Labute approximate surface area is 139 Å². The average molecular weight is 365 g/mol. The molecule has 6 nitrogen and oxygen atoms in total. The van der Waals surface area contributed by atoms with Crippen molar-refractivity contribution in [2.75, 3.05) is 26.7 Å². The van der Waals surface area contributed by atoms with Gasteiger partial charge in [0.15, 0.2) is 0 Å². The molecule has 1 aliphatic rings. The number of nitrogens with zero attached hydrogens (tertiary/aromatic N) is 2. The lowest BCUT2D eigenvalue weighted by atomic mass is 10.1. The Morgan fingerprint density at radius 2 is 2.04 bits per heavy atom. The first-order valence-corrected chi connectivity index (χ1v) is 8.91. The Balaban J connectivity index is 2.08. The van der Waals surface area contributed by atoms with Crippen LogP contribution in [0.25, 0.3) is 0 Å². The number of halogens is 2. The molecule has 1 aliphatic heterocycles. The minimum atomic E-state index is -3.78. The van der Waals surface area contributed by atoms with Crippen molar-refractivity contribution in [1.29, 1.82) is 0 Å². The largest absolute Gasteiger partial charge is 0.480 e. The molecular weight excluding hydrogens is 347 g/mol. The lowest BCUT2D eigenvalue weighted by Crippen LogP contribution is -2.46. The Hall–Kier alpha value is -1.22. The second kappa shape index (κ2) is 7.12. The summed E-state index contributed by atoms with van der Waals surface area (Å²) in [4.78, 5) is 12.3. The van der Waals surface area contributed by atoms with Gasteiger partial charge in [-0.1, -0.05) is 11.6 Å². The number of benzene rings is 1. The molecule has 0 radical (unpaired) electrons. The highest BCUT2D eigenvalue weighted by atomic mass is 35.5. The zero-order valence-corrected chi connectivity index (χ0v) is 14.1. The third kappa shape index (κ3) is 4.20. The molecule has 1 aromatic carbocycles. The van der Waals surface area contributed by atoms with Gasteiger partial charge in [-0.3, -0.25) is 9.69 Å². The SMILES string of the molecule is CN(CC(=O)O)C1CCN(S(=O)(=O)c2ccc(F)cc2Cl)CC1. The fourth-order valence-corrected chi connectivity index (χ4v) is 4.66. The van der Waals surface area contributed by atoms with Crippen molar-refractivity contribution in [3.8, 4) is 0 Å². The Morgan fingerprint density at radius 1 is 1.43 bits per heavy atom. The summed E-state index contributed by atoms with van der Waals surface area (Å²) in [5, 5.41) is 8.66. The predicted octanol–water partition coefficient (Wildman–Crippen LogP) is 1.65. The fourth-order valence-electron chi connectivity index (χ4n) is 2.69. The summed E-state index contributed by atoms with van der Waals surface area (Å²) >= 11 is 5.85. The van der Waals surface area contributed by atoms with Gasteiger partial charge in [-0.25, -0.2) is 12.8 Å². The maximum absolute atomic E-state index is 13.1. The van der Waals surface area contributed by atoms with Gasteiger partial charge in [-0.15, -0.1) is 0 Å². The molecule has 0 spiro atoms. The van der Waals surface area contributed by atoms with E-state index < -0.39 is 21.8 Å². The molecule has 1 heterocycles. The monoisotopic (exact) mass is 364 g/mol. The van der Waals surface area contributed by atoms with Crippen molar-refractivity contribution >= 4 is 27.6 Å². The van der Waals surface area contributed by atoms with Gasteiger partial charge in [-0.2, -0.15) is 4.31 Å². The molecule has 2 rings (SSSR count). The smallest absolute Gasteiger partial charge is 0.317 e. The number of carbonyl (C=O) groups is 1. The van der Waals surface area contributed by atoms with Crippen molar-refractivity contribution in [2.45, 2.75) is 23.8 Å².